The smallest absolute Gasteiger partial charge is 0.0363 e. The van der Waals surface area contributed by atoms with E-state index in [4.69, 9.17) is 0 Å². The van der Waals surface area contributed by atoms with Gasteiger partial charge in [-0.2, -0.15) is 0 Å². The summed E-state index contributed by atoms with van der Waals surface area (Å²) in [5.74, 6) is 0. The number of allylic oxidation sites excluding steroid dienone is 3. The van der Waals surface area contributed by atoms with Crippen LogP contribution < -0.4 is 5.32 Å². The van der Waals surface area contributed by atoms with E-state index in [2.05, 4.69) is 121 Å². The van der Waals surface area contributed by atoms with Gasteiger partial charge in [-0.15, -0.1) is 0 Å². The molecule has 0 amide bonds. The Morgan fingerprint density at radius 2 is 1.56 bits per heavy atom. The SMILES string of the molecule is C=C1C(C)=C(C)C(c2cc(CC)c(CN(CCC)C3(CC)CC3)c(CCC)c2)=CN1C.CC.CC.CCc1ccc2c(c1)C(C)NCC2. The number of benzene rings is 2. The molecule has 48 heavy (non-hydrogen) atoms. The third-order valence-electron chi connectivity index (χ3n) is 10.7. The van der Waals surface area contributed by atoms with E-state index in [0.717, 1.165) is 38.0 Å². The summed E-state index contributed by atoms with van der Waals surface area (Å²) in [6.07, 6.45) is 13.3. The maximum absolute atomic E-state index is 4.25. The van der Waals surface area contributed by atoms with Gasteiger partial charge in [-0.25, -0.2) is 0 Å². The van der Waals surface area contributed by atoms with Crippen LogP contribution in [0, 0.1) is 0 Å². The topological polar surface area (TPSA) is 18.5 Å². The Labute approximate surface area is 298 Å². The molecule has 1 unspecified atom stereocenters. The first-order valence-corrected chi connectivity index (χ1v) is 19.7. The number of hydrogen-bond acceptors (Lipinski definition) is 3. The predicted molar refractivity (Wildman–Crippen MR) is 215 cm³/mol. The van der Waals surface area contributed by atoms with E-state index in [-0.39, 0.29) is 0 Å². The van der Waals surface area contributed by atoms with Gasteiger partial charge in [0.1, 0.15) is 0 Å². The van der Waals surface area contributed by atoms with E-state index in [9.17, 15) is 0 Å². The Balaban J connectivity index is 0.000000389. The second-order valence-corrected chi connectivity index (χ2v) is 13.5. The standard InChI is InChI=1S/C29H44N2.C12H17N.2C2H6/c1-9-13-25-18-26(27-19-30(8)23(7)21(5)22(27)6)17-24(11-3)28(25)20-31(16-10-2)29(12-4)14-15-29;1-3-10-4-5-11-6-7-13-9(2)12(11)8-10;2*1-2/h17-19H,7,9-16,20H2,1-6,8H3;4-5,8-9,13H,3,6-7H2,1-2H3;2*1-2H3. The minimum absolute atomic E-state index is 0.467. The highest BCUT2D eigenvalue weighted by molar-refractivity contribution is 5.82. The van der Waals surface area contributed by atoms with Crippen molar-refractivity contribution in [3.05, 3.63) is 98.9 Å². The van der Waals surface area contributed by atoms with Gasteiger partial charge in [0, 0.05) is 42.6 Å². The molecule has 2 heterocycles. The summed E-state index contributed by atoms with van der Waals surface area (Å²) in [5, 5.41) is 3.49. The molecular formula is C45H73N3. The number of likely N-dealkylation sites (N-methyl/N-ethyl adjacent to an activating group) is 1. The van der Waals surface area contributed by atoms with E-state index >= 15 is 0 Å². The molecule has 3 heteroatoms. The molecule has 1 fully saturated rings. The lowest BCUT2D eigenvalue weighted by molar-refractivity contribution is 0.161. The van der Waals surface area contributed by atoms with Crippen molar-refractivity contribution in [2.24, 2.45) is 0 Å². The van der Waals surface area contributed by atoms with Crippen molar-refractivity contribution in [1.29, 1.82) is 0 Å². The molecule has 5 rings (SSSR count). The van der Waals surface area contributed by atoms with Gasteiger partial charge in [-0.05, 0) is 135 Å². The summed E-state index contributed by atoms with van der Waals surface area (Å²) in [4.78, 5) is 4.99. The van der Waals surface area contributed by atoms with E-state index in [1.54, 1.807) is 11.1 Å². The molecule has 1 atom stereocenters. The second-order valence-electron chi connectivity index (χ2n) is 13.5. The maximum Gasteiger partial charge on any atom is 0.0363 e. The fourth-order valence-corrected chi connectivity index (χ4v) is 7.32. The third-order valence-corrected chi connectivity index (χ3v) is 10.7. The Morgan fingerprint density at radius 3 is 2.12 bits per heavy atom. The predicted octanol–water partition coefficient (Wildman–Crippen LogP) is 12.0. The molecule has 1 aliphatic carbocycles. The number of hydrogen-bond donors (Lipinski definition) is 1. The Morgan fingerprint density at radius 1 is 0.896 bits per heavy atom. The molecule has 268 valence electrons. The highest BCUT2D eigenvalue weighted by atomic mass is 15.2. The molecule has 0 bridgehead atoms. The summed E-state index contributed by atoms with van der Waals surface area (Å²) in [5.41, 5.74) is 16.1. The Kier molecular flexibility index (Phi) is 17.4. The van der Waals surface area contributed by atoms with Crippen LogP contribution in [0.4, 0.5) is 0 Å². The van der Waals surface area contributed by atoms with E-state index in [1.807, 2.05) is 27.7 Å². The van der Waals surface area contributed by atoms with E-state index in [1.165, 1.54) is 89.6 Å². The van der Waals surface area contributed by atoms with Crippen molar-refractivity contribution >= 4 is 5.57 Å². The molecular weight excluding hydrogens is 583 g/mol. The van der Waals surface area contributed by atoms with Crippen molar-refractivity contribution in [2.75, 3.05) is 20.1 Å². The van der Waals surface area contributed by atoms with Gasteiger partial charge in [-0.1, -0.05) is 106 Å². The van der Waals surface area contributed by atoms with Gasteiger partial charge < -0.3 is 10.2 Å². The largest absolute Gasteiger partial charge is 0.351 e. The van der Waals surface area contributed by atoms with Crippen LogP contribution in [0.5, 0.6) is 0 Å². The normalized spacial score (nSPS) is 17.7. The van der Waals surface area contributed by atoms with Crippen molar-refractivity contribution in [1.82, 2.24) is 15.1 Å². The van der Waals surface area contributed by atoms with Crippen LogP contribution in [-0.4, -0.2) is 35.5 Å². The average Bonchev–Trinajstić information content (AvgIpc) is 3.93. The molecule has 1 saturated carbocycles. The Bertz CT molecular complexity index is 1370. The maximum atomic E-state index is 4.25. The van der Waals surface area contributed by atoms with Crippen LogP contribution in [0.2, 0.25) is 0 Å². The zero-order chi connectivity index (χ0) is 36.0. The molecule has 3 nitrogen and oxygen atoms in total. The van der Waals surface area contributed by atoms with Gasteiger partial charge in [0.25, 0.3) is 0 Å². The fourth-order valence-electron chi connectivity index (χ4n) is 7.32. The zero-order valence-electron chi connectivity index (χ0n) is 33.6. The minimum Gasteiger partial charge on any atom is -0.351 e. The summed E-state index contributed by atoms with van der Waals surface area (Å²) in [7, 11) is 2.11. The number of nitrogens with zero attached hydrogens (tertiary/aromatic N) is 2. The number of nitrogens with one attached hydrogen (secondary N) is 1. The number of rotatable bonds is 11. The molecule has 0 aromatic heterocycles. The Hall–Kier alpha value is -2.62. The lowest BCUT2D eigenvalue weighted by Gasteiger charge is -2.33. The molecule has 0 radical (unpaired) electrons. The molecule has 1 N–H and O–H groups in total. The van der Waals surface area contributed by atoms with Gasteiger partial charge in [0.15, 0.2) is 0 Å². The minimum atomic E-state index is 0.467. The molecule has 3 aliphatic rings. The van der Waals surface area contributed by atoms with Crippen LogP contribution >= 0.6 is 0 Å². The van der Waals surface area contributed by atoms with Crippen LogP contribution in [0.15, 0.2) is 60.0 Å². The molecule has 0 saturated heterocycles. The van der Waals surface area contributed by atoms with Crippen LogP contribution in [0.1, 0.15) is 160 Å². The van der Waals surface area contributed by atoms with Crippen molar-refractivity contribution in [3.63, 3.8) is 0 Å². The van der Waals surface area contributed by atoms with Crippen molar-refractivity contribution < 1.29 is 0 Å². The highest BCUT2D eigenvalue weighted by Crippen LogP contribution is 2.46. The quantitative estimate of drug-likeness (QED) is 0.260. The lowest BCUT2D eigenvalue weighted by Crippen LogP contribution is -2.37. The average molecular weight is 656 g/mol. The number of fused-ring (bicyclic) bond motifs is 1. The molecule has 2 aliphatic heterocycles. The molecule has 0 spiro atoms. The monoisotopic (exact) mass is 656 g/mol. The van der Waals surface area contributed by atoms with Gasteiger partial charge >= 0.3 is 0 Å². The molecule has 2 aromatic carbocycles. The summed E-state index contributed by atoms with van der Waals surface area (Å²) in [6.45, 7) is 34.0. The van der Waals surface area contributed by atoms with Crippen LogP contribution in [0.25, 0.3) is 5.57 Å². The summed E-state index contributed by atoms with van der Waals surface area (Å²) >= 11 is 0. The highest BCUT2D eigenvalue weighted by Gasteiger charge is 2.45. The third kappa shape index (κ3) is 9.97. The van der Waals surface area contributed by atoms with E-state index < -0.39 is 0 Å². The van der Waals surface area contributed by atoms with Gasteiger partial charge in [0.2, 0.25) is 0 Å². The first-order chi connectivity index (χ1) is 23.1. The lowest BCUT2D eigenvalue weighted by atomic mass is 9.86. The number of aryl methyl sites for hydroxylation is 3. The first kappa shape index (κ1) is 41.6. The fraction of sp³-hybridized carbons (Fsp3) is 0.600. The van der Waals surface area contributed by atoms with Crippen LogP contribution in [-0.2, 0) is 32.2 Å². The van der Waals surface area contributed by atoms with Crippen molar-refractivity contribution in [3.8, 4) is 0 Å². The zero-order valence-corrected chi connectivity index (χ0v) is 33.6. The van der Waals surface area contributed by atoms with Gasteiger partial charge in [-0.3, -0.25) is 4.90 Å². The van der Waals surface area contributed by atoms with Gasteiger partial charge in [0.05, 0.1) is 0 Å². The summed E-state index contributed by atoms with van der Waals surface area (Å²) in [6, 6.07) is 12.4. The summed E-state index contributed by atoms with van der Waals surface area (Å²) < 4.78 is 0. The molecule has 2 aromatic rings. The second kappa shape index (κ2) is 20.1. The van der Waals surface area contributed by atoms with Crippen molar-refractivity contribution in [2.45, 2.75) is 159 Å². The first-order valence-electron chi connectivity index (χ1n) is 19.7. The van der Waals surface area contributed by atoms with E-state index in [0.29, 0.717) is 11.6 Å². The van der Waals surface area contributed by atoms with Crippen LogP contribution in [0.3, 0.4) is 0 Å².